The molecule has 0 spiro atoms. The first-order valence-corrected chi connectivity index (χ1v) is 8.16. The van der Waals surface area contributed by atoms with E-state index in [0.29, 0.717) is 10.0 Å². The van der Waals surface area contributed by atoms with Crippen molar-refractivity contribution in [1.29, 1.82) is 0 Å². The summed E-state index contributed by atoms with van der Waals surface area (Å²) in [5, 5.41) is 1.01. The quantitative estimate of drug-likeness (QED) is 0.537. The average Bonchev–Trinajstić information content (AvgIpc) is 2.97. The number of aliphatic imine (C=N–C) groups is 1. The predicted octanol–water partition coefficient (Wildman–Crippen LogP) is 5.85. The predicted molar refractivity (Wildman–Crippen MR) is 101 cm³/mol. The number of nitrogens with zero attached hydrogens (tertiary/aromatic N) is 2. The molecular formula is C19H16Cl2N2O. The smallest absolute Gasteiger partial charge is 0.119 e. The standard InChI is InChI=1S/C19H16Cl2N2O/c1-13-3-5-16(12-22-14-4-10-18(20)19(21)11-14)23(13)15-6-8-17(24-2)9-7-15/h3-12H,1-2H3. The SMILES string of the molecule is COc1ccc(-n2c(C)ccc2C=Nc2ccc(Cl)c(Cl)c2)cc1. The largest absolute Gasteiger partial charge is 0.497 e. The second kappa shape index (κ2) is 7.12. The van der Waals surface area contributed by atoms with Crippen LogP contribution in [0.15, 0.2) is 59.6 Å². The van der Waals surface area contributed by atoms with Crippen molar-refractivity contribution >= 4 is 35.1 Å². The third kappa shape index (κ3) is 3.48. The summed E-state index contributed by atoms with van der Waals surface area (Å²) in [7, 11) is 1.66. The summed E-state index contributed by atoms with van der Waals surface area (Å²) in [6.45, 7) is 2.06. The van der Waals surface area contributed by atoms with E-state index in [0.717, 1.165) is 28.5 Å². The molecule has 24 heavy (non-hydrogen) atoms. The van der Waals surface area contributed by atoms with E-state index in [9.17, 15) is 0 Å². The highest BCUT2D eigenvalue weighted by atomic mass is 35.5. The monoisotopic (exact) mass is 358 g/mol. The second-order valence-corrected chi connectivity index (χ2v) is 6.10. The summed E-state index contributed by atoms with van der Waals surface area (Å²) in [5.74, 6) is 0.828. The normalized spacial score (nSPS) is 11.2. The molecule has 5 heteroatoms. The molecule has 0 amide bonds. The summed E-state index contributed by atoms with van der Waals surface area (Å²) >= 11 is 12.0. The Labute approximate surface area is 151 Å². The number of benzene rings is 2. The van der Waals surface area contributed by atoms with Gasteiger partial charge in [0.25, 0.3) is 0 Å². The van der Waals surface area contributed by atoms with E-state index in [4.69, 9.17) is 27.9 Å². The molecule has 3 rings (SSSR count). The number of aromatic nitrogens is 1. The Morgan fingerprint density at radius 3 is 2.38 bits per heavy atom. The van der Waals surface area contributed by atoms with Gasteiger partial charge in [-0.15, -0.1) is 0 Å². The van der Waals surface area contributed by atoms with E-state index in [-0.39, 0.29) is 0 Å². The zero-order valence-electron chi connectivity index (χ0n) is 13.3. The third-order valence-electron chi connectivity index (χ3n) is 3.69. The van der Waals surface area contributed by atoms with Crippen LogP contribution in [0.4, 0.5) is 5.69 Å². The zero-order chi connectivity index (χ0) is 17.1. The number of hydrogen-bond acceptors (Lipinski definition) is 2. The van der Waals surface area contributed by atoms with Gasteiger partial charge in [0.15, 0.2) is 0 Å². The molecule has 2 aromatic carbocycles. The fourth-order valence-corrected chi connectivity index (χ4v) is 2.74. The number of hydrogen-bond donors (Lipinski definition) is 0. The van der Waals surface area contributed by atoms with Crippen LogP contribution in [-0.2, 0) is 0 Å². The zero-order valence-corrected chi connectivity index (χ0v) is 14.8. The highest BCUT2D eigenvalue weighted by molar-refractivity contribution is 6.42. The molecule has 1 aromatic heterocycles. The van der Waals surface area contributed by atoms with Gasteiger partial charge in [0, 0.05) is 11.4 Å². The van der Waals surface area contributed by atoms with Gasteiger partial charge in [-0.25, -0.2) is 0 Å². The van der Waals surface area contributed by atoms with E-state index in [1.54, 1.807) is 19.2 Å². The van der Waals surface area contributed by atoms with E-state index in [1.165, 1.54) is 0 Å². The van der Waals surface area contributed by atoms with Crippen molar-refractivity contribution in [3.63, 3.8) is 0 Å². The van der Waals surface area contributed by atoms with Gasteiger partial charge < -0.3 is 9.30 Å². The molecule has 0 N–H and O–H groups in total. The van der Waals surface area contributed by atoms with Crippen LogP contribution in [0.3, 0.4) is 0 Å². The summed E-state index contributed by atoms with van der Waals surface area (Å²) in [6.07, 6.45) is 1.82. The average molecular weight is 359 g/mol. The van der Waals surface area contributed by atoms with Crippen LogP contribution >= 0.6 is 23.2 Å². The number of halogens is 2. The molecule has 3 nitrogen and oxygen atoms in total. The molecule has 0 aliphatic heterocycles. The first-order chi connectivity index (χ1) is 11.6. The molecule has 3 aromatic rings. The molecule has 0 fully saturated rings. The van der Waals surface area contributed by atoms with Crippen LogP contribution in [0.2, 0.25) is 10.0 Å². The van der Waals surface area contributed by atoms with Crippen LogP contribution in [0, 0.1) is 6.92 Å². The highest BCUT2D eigenvalue weighted by Crippen LogP contribution is 2.27. The molecular weight excluding hydrogens is 343 g/mol. The summed E-state index contributed by atoms with van der Waals surface area (Å²) in [4.78, 5) is 4.50. The lowest BCUT2D eigenvalue weighted by molar-refractivity contribution is 0.414. The molecule has 0 saturated heterocycles. The Morgan fingerprint density at radius 1 is 0.958 bits per heavy atom. The maximum absolute atomic E-state index is 6.03. The van der Waals surface area contributed by atoms with E-state index in [2.05, 4.69) is 22.5 Å². The van der Waals surface area contributed by atoms with Crippen LogP contribution in [0.25, 0.3) is 5.69 Å². The molecule has 1 heterocycles. The van der Waals surface area contributed by atoms with Gasteiger partial charge in [0.1, 0.15) is 5.75 Å². The van der Waals surface area contributed by atoms with Crippen LogP contribution in [0.1, 0.15) is 11.4 Å². The Balaban J connectivity index is 1.94. The lowest BCUT2D eigenvalue weighted by atomic mass is 10.3. The van der Waals surface area contributed by atoms with Gasteiger partial charge >= 0.3 is 0 Å². The molecule has 0 saturated carbocycles. The molecule has 0 aliphatic carbocycles. The second-order valence-electron chi connectivity index (χ2n) is 5.29. The van der Waals surface area contributed by atoms with Crippen molar-refractivity contribution in [2.75, 3.05) is 7.11 Å². The molecule has 0 aliphatic rings. The Hall–Kier alpha value is -2.23. The van der Waals surface area contributed by atoms with Crippen molar-refractivity contribution < 1.29 is 4.74 Å². The van der Waals surface area contributed by atoms with Gasteiger partial charge in [0.2, 0.25) is 0 Å². The molecule has 0 radical (unpaired) electrons. The Kier molecular flexibility index (Phi) is 4.93. The number of ether oxygens (including phenoxy) is 1. The molecule has 0 bridgehead atoms. The highest BCUT2D eigenvalue weighted by Gasteiger charge is 2.06. The first kappa shape index (κ1) is 16.6. The van der Waals surface area contributed by atoms with Crippen molar-refractivity contribution in [2.24, 2.45) is 4.99 Å². The molecule has 122 valence electrons. The van der Waals surface area contributed by atoms with Crippen molar-refractivity contribution in [3.8, 4) is 11.4 Å². The van der Waals surface area contributed by atoms with Crippen molar-refractivity contribution in [2.45, 2.75) is 6.92 Å². The maximum atomic E-state index is 6.03. The van der Waals surface area contributed by atoms with Gasteiger partial charge in [-0.1, -0.05) is 23.2 Å². The third-order valence-corrected chi connectivity index (χ3v) is 4.42. The van der Waals surface area contributed by atoms with E-state index < -0.39 is 0 Å². The van der Waals surface area contributed by atoms with Crippen molar-refractivity contribution in [1.82, 2.24) is 4.57 Å². The summed E-state index contributed by atoms with van der Waals surface area (Å²) in [5.41, 5.74) is 3.90. The van der Waals surface area contributed by atoms with Crippen LogP contribution in [0.5, 0.6) is 5.75 Å². The minimum atomic E-state index is 0.494. The Bertz CT molecular complexity index is 883. The summed E-state index contributed by atoms with van der Waals surface area (Å²) in [6, 6.07) is 17.3. The molecule has 0 atom stereocenters. The maximum Gasteiger partial charge on any atom is 0.119 e. The summed E-state index contributed by atoms with van der Waals surface area (Å²) < 4.78 is 7.34. The lowest BCUT2D eigenvalue weighted by Gasteiger charge is -2.10. The van der Waals surface area contributed by atoms with E-state index >= 15 is 0 Å². The van der Waals surface area contributed by atoms with Crippen LogP contribution < -0.4 is 4.74 Å². The Morgan fingerprint density at radius 2 is 1.71 bits per heavy atom. The number of rotatable bonds is 4. The first-order valence-electron chi connectivity index (χ1n) is 7.40. The van der Waals surface area contributed by atoms with Gasteiger partial charge in [-0.05, 0) is 61.5 Å². The lowest BCUT2D eigenvalue weighted by Crippen LogP contribution is -2.01. The van der Waals surface area contributed by atoms with Gasteiger partial charge in [0.05, 0.1) is 34.8 Å². The topological polar surface area (TPSA) is 26.5 Å². The van der Waals surface area contributed by atoms with Gasteiger partial charge in [-0.3, -0.25) is 4.99 Å². The van der Waals surface area contributed by atoms with E-state index in [1.807, 2.05) is 42.6 Å². The van der Waals surface area contributed by atoms with Gasteiger partial charge in [-0.2, -0.15) is 0 Å². The van der Waals surface area contributed by atoms with Crippen molar-refractivity contribution in [3.05, 3.63) is 76.0 Å². The minimum Gasteiger partial charge on any atom is -0.497 e. The fourth-order valence-electron chi connectivity index (χ4n) is 2.45. The minimum absolute atomic E-state index is 0.494. The van der Waals surface area contributed by atoms with Crippen LogP contribution in [-0.4, -0.2) is 17.9 Å². The number of methoxy groups -OCH3 is 1. The molecule has 0 unspecified atom stereocenters. The number of aryl methyl sites for hydroxylation is 1. The fraction of sp³-hybridized carbons (Fsp3) is 0.105.